The summed E-state index contributed by atoms with van der Waals surface area (Å²) in [4.78, 5) is 22.0. The number of alkyl halides is 3. The van der Waals surface area contributed by atoms with Gasteiger partial charge in [-0.1, -0.05) is 12.1 Å². The number of aromatic carboxylic acids is 1. The van der Waals surface area contributed by atoms with Gasteiger partial charge in [0.05, 0.1) is 5.56 Å². The van der Waals surface area contributed by atoms with Gasteiger partial charge >= 0.3 is 12.1 Å². The molecule has 0 heterocycles. The van der Waals surface area contributed by atoms with Crippen LogP contribution in [0.25, 0.3) is 0 Å². The zero-order chi connectivity index (χ0) is 21.5. The molecule has 0 aliphatic carbocycles. The van der Waals surface area contributed by atoms with E-state index >= 15 is 0 Å². The summed E-state index contributed by atoms with van der Waals surface area (Å²) >= 11 is 4.64. The number of benzene rings is 2. The molecule has 0 aromatic heterocycles. The number of likely N-dealkylation sites (N-methyl/N-ethyl adjacent to an activating group) is 1. The predicted molar refractivity (Wildman–Crippen MR) is 100 cm³/mol. The Morgan fingerprint density at radius 3 is 2.11 bits per heavy atom. The monoisotopic (exact) mass is 417 g/mol. The minimum atomic E-state index is -4.35. The van der Waals surface area contributed by atoms with Crippen molar-refractivity contribution in [2.75, 3.05) is 18.5 Å². The number of rotatable bonds is 5. The summed E-state index contributed by atoms with van der Waals surface area (Å²) in [5.41, 5.74) is 0.447. The maximum atomic E-state index is 12.5. The fourth-order valence-corrected chi connectivity index (χ4v) is 2.22. The van der Waals surface area contributed by atoms with E-state index in [9.17, 15) is 27.9 Å². The van der Waals surface area contributed by atoms with Gasteiger partial charge in [-0.05, 0) is 53.9 Å². The molecule has 2 aromatic carbocycles. The second-order valence-electron chi connectivity index (χ2n) is 5.84. The van der Waals surface area contributed by atoms with Gasteiger partial charge < -0.3 is 15.1 Å². The van der Waals surface area contributed by atoms with Gasteiger partial charge in [-0.2, -0.15) is 13.2 Å². The SMILES string of the molecule is CC(=O)Cl.CN(CCc1ccc(C(F)(F)F)cc1)c1ccc(O)c(C(=O)O)c1. The third-order valence-electron chi connectivity index (χ3n) is 3.67. The molecule has 0 saturated heterocycles. The lowest BCUT2D eigenvalue weighted by Crippen LogP contribution is -2.20. The van der Waals surface area contributed by atoms with E-state index in [0.29, 0.717) is 18.7 Å². The number of hydrogen-bond acceptors (Lipinski definition) is 4. The number of anilines is 1. The molecule has 0 atom stereocenters. The first kappa shape index (κ1) is 23.3. The summed E-state index contributed by atoms with van der Waals surface area (Å²) in [6, 6.07) is 9.16. The van der Waals surface area contributed by atoms with E-state index in [0.717, 1.165) is 17.7 Å². The van der Waals surface area contributed by atoms with Gasteiger partial charge in [0.25, 0.3) is 0 Å². The minimum Gasteiger partial charge on any atom is -0.507 e. The van der Waals surface area contributed by atoms with Crippen LogP contribution < -0.4 is 4.90 Å². The molecule has 0 aliphatic heterocycles. The molecule has 0 radical (unpaired) electrons. The highest BCUT2D eigenvalue weighted by Crippen LogP contribution is 2.29. The molecule has 0 unspecified atom stereocenters. The lowest BCUT2D eigenvalue weighted by Gasteiger charge is -2.20. The number of carboxylic acids is 1. The molecule has 2 rings (SSSR count). The van der Waals surface area contributed by atoms with E-state index in [1.807, 2.05) is 0 Å². The number of nitrogens with zero attached hydrogens (tertiary/aromatic N) is 1. The third kappa shape index (κ3) is 7.48. The molecule has 28 heavy (non-hydrogen) atoms. The number of carbonyl (C=O) groups excluding carboxylic acids is 1. The Hall–Kier alpha value is -2.74. The van der Waals surface area contributed by atoms with E-state index < -0.39 is 17.7 Å². The number of aromatic hydroxyl groups is 1. The summed E-state index contributed by atoms with van der Waals surface area (Å²) in [7, 11) is 1.74. The van der Waals surface area contributed by atoms with Gasteiger partial charge in [0.1, 0.15) is 11.3 Å². The van der Waals surface area contributed by atoms with Crippen LogP contribution in [0.1, 0.15) is 28.4 Å². The van der Waals surface area contributed by atoms with Crippen molar-refractivity contribution < 1.29 is 33.0 Å². The van der Waals surface area contributed by atoms with Gasteiger partial charge in [0.2, 0.25) is 5.24 Å². The number of carboxylic acid groups (broad SMARTS) is 1. The van der Waals surface area contributed by atoms with Gasteiger partial charge in [0, 0.05) is 26.2 Å². The Morgan fingerprint density at radius 2 is 1.64 bits per heavy atom. The maximum absolute atomic E-state index is 12.5. The van der Waals surface area contributed by atoms with Crippen LogP contribution in [0.2, 0.25) is 0 Å². The Bertz CT molecular complexity index is 819. The highest BCUT2D eigenvalue weighted by atomic mass is 35.5. The van der Waals surface area contributed by atoms with Crippen LogP contribution in [0, 0.1) is 0 Å². The second kappa shape index (κ2) is 9.98. The molecule has 9 heteroatoms. The van der Waals surface area contributed by atoms with Crippen molar-refractivity contribution in [1.82, 2.24) is 0 Å². The molecule has 2 N–H and O–H groups in total. The van der Waals surface area contributed by atoms with Crippen molar-refractivity contribution in [3.8, 4) is 5.75 Å². The van der Waals surface area contributed by atoms with Crippen LogP contribution in [0.4, 0.5) is 18.9 Å². The van der Waals surface area contributed by atoms with Gasteiger partial charge in [-0.25, -0.2) is 4.79 Å². The highest BCUT2D eigenvalue weighted by molar-refractivity contribution is 6.62. The molecule has 0 bridgehead atoms. The number of hydrogen-bond donors (Lipinski definition) is 2. The third-order valence-corrected chi connectivity index (χ3v) is 3.67. The molecule has 0 fully saturated rings. The number of halogens is 4. The Kier molecular flexibility index (Phi) is 8.31. The van der Waals surface area contributed by atoms with E-state index in [-0.39, 0.29) is 16.6 Å². The molecule has 5 nitrogen and oxygen atoms in total. The summed E-state index contributed by atoms with van der Waals surface area (Å²) in [6.07, 6.45) is -3.85. The first-order chi connectivity index (χ1) is 12.9. The lowest BCUT2D eigenvalue weighted by atomic mass is 10.1. The van der Waals surface area contributed by atoms with Crippen molar-refractivity contribution in [3.05, 3.63) is 59.2 Å². The van der Waals surface area contributed by atoms with E-state index in [1.54, 1.807) is 18.0 Å². The van der Waals surface area contributed by atoms with Gasteiger partial charge in [-0.15, -0.1) is 0 Å². The molecule has 0 saturated carbocycles. The summed E-state index contributed by atoms with van der Waals surface area (Å²) < 4.78 is 37.5. The molecular formula is C19H19ClF3NO4. The highest BCUT2D eigenvalue weighted by Gasteiger charge is 2.29. The van der Waals surface area contributed by atoms with Crippen LogP contribution in [0.15, 0.2) is 42.5 Å². The molecule has 152 valence electrons. The fourth-order valence-electron chi connectivity index (χ4n) is 2.22. The zero-order valence-electron chi connectivity index (χ0n) is 15.1. The Morgan fingerprint density at radius 1 is 1.11 bits per heavy atom. The summed E-state index contributed by atoms with van der Waals surface area (Å²) in [6.45, 7) is 1.77. The van der Waals surface area contributed by atoms with Gasteiger partial charge in [0.15, 0.2) is 0 Å². The number of carbonyl (C=O) groups is 2. The maximum Gasteiger partial charge on any atom is 0.416 e. The largest absolute Gasteiger partial charge is 0.507 e. The summed E-state index contributed by atoms with van der Waals surface area (Å²) in [5.74, 6) is -1.55. The van der Waals surface area contributed by atoms with Crippen LogP contribution in [0.5, 0.6) is 5.75 Å². The lowest BCUT2D eigenvalue weighted by molar-refractivity contribution is -0.137. The van der Waals surface area contributed by atoms with Crippen molar-refractivity contribution in [1.29, 1.82) is 0 Å². The Balaban J connectivity index is 0.000000892. The molecule has 0 amide bonds. The van der Waals surface area contributed by atoms with Crippen molar-refractivity contribution in [2.24, 2.45) is 0 Å². The molecule has 0 spiro atoms. The second-order valence-corrected chi connectivity index (χ2v) is 6.38. The molecule has 2 aromatic rings. The van der Waals surface area contributed by atoms with Crippen LogP contribution >= 0.6 is 11.6 Å². The zero-order valence-corrected chi connectivity index (χ0v) is 15.9. The van der Waals surface area contributed by atoms with E-state index in [2.05, 4.69) is 11.6 Å². The summed E-state index contributed by atoms with van der Waals surface area (Å²) in [5, 5.41) is 18.1. The van der Waals surface area contributed by atoms with Crippen LogP contribution in [-0.4, -0.2) is 35.0 Å². The van der Waals surface area contributed by atoms with Crippen LogP contribution in [-0.2, 0) is 17.4 Å². The minimum absolute atomic E-state index is 0.200. The number of phenols is 1. The topological polar surface area (TPSA) is 77.8 Å². The van der Waals surface area contributed by atoms with Crippen molar-refractivity contribution in [2.45, 2.75) is 19.5 Å². The van der Waals surface area contributed by atoms with E-state index in [1.165, 1.54) is 31.2 Å². The molecular weight excluding hydrogens is 399 g/mol. The van der Waals surface area contributed by atoms with Gasteiger partial charge in [-0.3, -0.25) is 4.79 Å². The molecule has 0 aliphatic rings. The Labute approximate surface area is 165 Å². The average Bonchev–Trinajstić information content (AvgIpc) is 2.59. The standard InChI is InChI=1S/C17H16F3NO3.C2H3ClO/c1-21(13-6-7-15(22)14(10-13)16(23)24)9-8-11-2-4-12(5-3-11)17(18,19)20;1-2(3)4/h2-7,10,22H,8-9H2,1H3,(H,23,24);1H3. The first-order valence-electron chi connectivity index (χ1n) is 8.01. The smallest absolute Gasteiger partial charge is 0.416 e. The fraction of sp³-hybridized carbons (Fsp3) is 0.263. The van der Waals surface area contributed by atoms with Crippen molar-refractivity contribution >= 4 is 28.5 Å². The first-order valence-corrected chi connectivity index (χ1v) is 8.39. The predicted octanol–water partition coefficient (Wildman–Crippen LogP) is 4.56. The quantitative estimate of drug-likeness (QED) is 0.697. The average molecular weight is 418 g/mol. The van der Waals surface area contributed by atoms with E-state index in [4.69, 9.17) is 5.11 Å². The van der Waals surface area contributed by atoms with Crippen molar-refractivity contribution in [3.63, 3.8) is 0 Å². The normalized spacial score (nSPS) is 10.6. The van der Waals surface area contributed by atoms with Crippen LogP contribution in [0.3, 0.4) is 0 Å².